The number of fused-ring (bicyclic) bond motifs is 1. The summed E-state index contributed by atoms with van der Waals surface area (Å²) in [5.74, 6) is -0.566. The van der Waals surface area contributed by atoms with Gasteiger partial charge < -0.3 is 19.7 Å². The fourth-order valence-electron chi connectivity index (χ4n) is 3.94. The van der Waals surface area contributed by atoms with Gasteiger partial charge in [0.15, 0.2) is 0 Å². The Morgan fingerprint density at radius 1 is 1.18 bits per heavy atom. The van der Waals surface area contributed by atoms with Gasteiger partial charge in [-0.05, 0) is 49.2 Å². The molecule has 0 radical (unpaired) electrons. The van der Waals surface area contributed by atoms with Crippen molar-refractivity contribution < 1.29 is 23.4 Å². The molecule has 1 saturated carbocycles. The van der Waals surface area contributed by atoms with E-state index in [0.717, 1.165) is 18.4 Å². The highest BCUT2D eigenvalue weighted by Crippen LogP contribution is 2.38. The Hall–Kier alpha value is -3.63. The number of carbonyl (C=O) groups excluding carboxylic acids is 1. The number of carbonyl (C=O) groups is 1. The Balaban J connectivity index is 1.48. The van der Waals surface area contributed by atoms with E-state index in [1.54, 1.807) is 30.9 Å². The van der Waals surface area contributed by atoms with E-state index in [1.807, 2.05) is 4.57 Å². The largest absolute Gasteiger partial charge is 0.487 e. The second kappa shape index (κ2) is 8.62. The molecule has 1 amide bonds. The van der Waals surface area contributed by atoms with Gasteiger partial charge in [0.1, 0.15) is 12.1 Å². The lowest BCUT2D eigenvalue weighted by molar-refractivity contribution is -0.0964. The number of benzene rings is 2. The third kappa shape index (κ3) is 4.42. The number of halogens is 3. The standard InChI is InChI=1S/C23H18ClF2N5O3/c24-23(25,26)34-16-3-1-15(2-4-16)30-22(33)13-7-17(14-9-27-11-28-10-14)21-18(8-13)29-12-31(21)19-5-6-20(19)32/h1-4,7-12,19-20,32H,5-6H2,(H,30,33)/t19?,20-/m1/s1. The lowest BCUT2D eigenvalue weighted by Crippen LogP contribution is -2.33. The molecule has 5 rings (SSSR count). The first-order valence-electron chi connectivity index (χ1n) is 10.4. The van der Waals surface area contributed by atoms with Crippen molar-refractivity contribution in [3.8, 4) is 16.9 Å². The van der Waals surface area contributed by atoms with Gasteiger partial charge in [-0.25, -0.2) is 15.0 Å². The summed E-state index contributed by atoms with van der Waals surface area (Å²) in [6.07, 6.45) is 7.46. The predicted octanol–water partition coefficient (Wildman–Crippen LogP) is 4.61. The average Bonchev–Trinajstić information content (AvgIpc) is 3.21. The Morgan fingerprint density at radius 2 is 1.91 bits per heavy atom. The van der Waals surface area contributed by atoms with Gasteiger partial charge in [0, 0.05) is 46.4 Å². The van der Waals surface area contributed by atoms with E-state index in [2.05, 4.69) is 25.0 Å². The third-order valence-electron chi connectivity index (χ3n) is 5.71. The minimum Gasteiger partial charge on any atom is -0.420 e. The molecule has 11 heteroatoms. The molecule has 2 aromatic carbocycles. The monoisotopic (exact) mass is 485 g/mol. The molecule has 0 spiro atoms. The second-order valence-corrected chi connectivity index (χ2v) is 8.35. The van der Waals surface area contributed by atoms with Crippen molar-refractivity contribution in [3.05, 3.63) is 67.0 Å². The molecule has 8 nitrogen and oxygen atoms in total. The number of aliphatic hydroxyl groups excluding tert-OH is 1. The highest BCUT2D eigenvalue weighted by atomic mass is 35.5. The number of ether oxygens (including phenoxy) is 1. The fourth-order valence-corrected chi connectivity index (χ4v) is 4.03. The van der Waals surface area contributed by atoms with Crippen LogP contribution in [0.15, 0.2) is 61.4 Å². The maximum atomic E-state index is 13.0. The molecule has 2 atom stereocenters. The van der Waals surface area contributed by atoms with Gasteiger partial charge in [0.2, 0.25) is 0 Å². The van der Waals surface area contributed by atoms with Gasteiger partial charge in [0.05, 0.1) is 29.5 Å². The highest BCUT2D eigenvalue weighted by molar-refractivity contribution is 6.20. The summed E-state index contributed by atoms with van der Waals surface area (Å²) in [6.45, 7) is 0. The lowest BCUT2D eigenvalue weighted by atomic mass is 9.88. The first kappa shape index (κ1) is 22.2. The summed E-state index contributed by atoms with van der Waals surface area (Å²) in [7, 11) is 0. The second-order valence-electron chi connectivity index (χ2n) is 7.91. The van der Waals surface area contributed by atoms with Crippen molar-refractivity contribution in [1.82, 2.24) is 19.5 Å². The van der Waals surface area contributed by atoms with E-state index in [-0.39, 0.29) is 11.8 Å². The third-order valence-corrected chi connectivity index (χ3v) is 5.79. The number of imidazole rings is 1. The molecule has 2 N–H and O–H groups in total. The van der Waals surface area contributed by atoms with E-state index in [9.17, 15) is 18.7 Å². The maximum Gasteiger partial charge on any atom is 0.487 e. The molecule has 1 aliphatic carbocycles. The van der Waals surface area contributed by atoms with Crippen molar-refractivity contribution in [2.24, 2.45) is 0 Å². The SMILES string of the molecule is O=C(Nc1ccc(OC(F)(F)Cl)cc1)c1cc(-c2cncnc2)c2c(c1)ncn2C1CC[C@H]1O. The number of alkyl halides is 3. The van der Waals surface area contributed by atoms with Gasteiger partial charge >= 0.3 is 5.57 Å². The quantitative estimate of drug-likeness (QED) is 0.387. The van der Waals surface area contributed by atoms with Crippen LogP contribution in [0.5, 0.6) is 5.75 Å². The van der Waals surface area contributed by atoms with Crippen LogP contribution in [-0.4, -0.2) is 42.2 Å². The number of amides is 1. The number of aromatic nitrogens is 4. The summed E-state index contributed by atoms with van der Waals surface area (Å²) in [4.78, 5) is 25.7. The molecule has 174 valence electrons. The average molecular weight is 486 g/mol. The number of anilines is 1. The van der Waals surface area contributed by atoms with Crippen molar-refractivity contribution >= 4 is 34.2 Å². The topological polar surface area (TPSA) is 102 Å². The maximum absolute atomic E-state index is 13.0. The van der Waals surface area contributed by atoms with Crippen LogP contribution in [0.25, 0.3) is 22.2 Å². The Bertz CT molecular complexity index is 1340. The smallest absolute Gasteiger partial charge is 0.420 e. The van der Waals surface area contributed by atoms with Crippen molar-refractivity contribution in [2.45, 2.75) is 30.6 Å². The summed E-state index contributed by atoms with van der Waals surface area (Å²) in [5.41, 5.74) is -0.357. The van der Waals surface area contributed by atoms with Gasteiger partial charge in [-0.3, -0.25) is 4.79 Å². The van der Waals surface area contributed by atoms with Crippen LogP contribution < -0.4 is 10.1 Å². The van der Waals surface area contributed by atoms with Gasteiger partial charge in [-0.15, -0.1) is 8.78 Å². The zero-order valence-corrected chi connectivity index (χ0v) is 18.3. The van der Waals surface area contributed by atoms with Crippen LogP contribution in [0.1, 0.15) is 29.2 Å². The van der Waals surface area contributed by atoms with Crippen LogP contribution in [0.3, 0.4) is 0 Å². The van der Waals surface area contributed by atoms with Crippen LogP contribution in [0.4, 0.5) is 14.5 Å². The number of nitrogens with zero attached hydrogens (tertiary/aromatic N) is 4. The normalized spacial score (nSPS) is 17.9. The summed E-state index contributed by atoms with van der Waals surface area (Å²) in [5, 5.41) is 12.9. The Labute approximate surface area is 197 Å². The van der Waals surface area contributed by atoms with Crippen LogP contribution in [0.2, 0.25) is 0 Å². The minimum atomic E-state index is -3.82. The number of rotatable bonds is 6. The summed E-state index contributed by atoms with van der Waals surface area (Å²) >= 11 is 4.77. The number of aliphatic hydroxyl groups is 1. The molecule has 2 heterocycles. The lowest BCUT2D eigenvalue weighted by Gasteiger charge is -2.34. The van der Waals surface area contributed by atoms with Gasteiger partial charge in [0.25, 0.3) is 5.91 Å². The summed E-state index contributed by atoms with van der Waals surface area (Å²) in [6, 6.07) is 8.67. The van der Waals surface area contributed by atoms with E-state index in [4.69, 9.17) is 11.6 Å². The zero-order chi connectivity index (χ0) is 23.9. The molecule has 1 fully saturated rings. The Morgan fingerprint density at radius 3 is 2.53 bits per heavy atom. The predicted molar refractivity (Wildman–Crippen MR) is 121 cm³/mol. The first-order valence-corrected chi connectivity index (χ1v) is 10.8. The van der Waals surface area contributed by atoms with Crippen LogP contribution >= 0.6 is 11.6 Å². The van der Waals surface area contributed by atoms with Crippen LogP contribution in [0, 0.1) is 0 Å². The molecule has 0 saturated heterocycles. The fraction of sp³-hybridized carbons (Fsp3) is 0.217. The van der Waals surface area contributed by atoms with E-state index in [0.29, 0.717) is 27.9 Å². The van der Waals surface area contributed by atoms with Crippen molar-refractivity contribution in [1.29, 1.82) is 0 Å². The molecule has 4 aromatic rings. The highest BCUT2D eigenvalue weighted by Gasteiger charge is 2.32. The number of nitrogens with one attached hydrogen (secondary N) is 1. The zero-order valence-electron chi connectivity index (χ0n) is 17.5. The van der Waals surface area contributed by atoms with Crippen molar-refractivity contribution in [2.75, 3.05) is 5.32 Å². The van der Waals surface area contributed by atoms with E-state index >= 15 is 0 Å². The molecule has 0 aliphatic heterocycles. The van der Waals surface area contributed by atoms with E-state index in [1.165, 1.54) is 30.6 Å². The van der Waals surface area contributed by atoms with Crippen LogP contribution in [-0.2, 0) is 0 Å². The van der Waals surface area contributed by atoms with Gasteiger partial charge in [-0.2, -0.15) is 0 Å². The summed E-state index contributed by atoms with van der Waals surface area (Å²) < 4.78 is 31.8. The minimum absolute atomic E-state index is 0.0887. The van der Waals surface area contributed by atoms with E-state index < -0.39 is 17.6 Å². The molecule has 1 unspecified atom stereocenters. The first-order chi connectivity index (χ1) is 16.3. The molecular formula is C23H18ClF2N5O3. The number of hydrogen-bond acceptors (Lipinski definition) is 6. The Kier molecular flexibility index (Phi) is 5.62. The molecule has 1 aliphatic rings. The number of hydrogen-bond donors (Lipinski definition) is 2. The molecule has 2 aromatic heterocycles. The molecule has 34 heavy (non-hydrogen) atoms. The van der Waals surface area contributed by atoms with Crippen molar-refractivity contribution in [3.63, 3.8) is 0 Å². The molecular weight excluding hydrogens is 468 g/mol. The van der Waals surface area contributed by atoms with Gasteiger partial charge in [-0.1, -0.05) is 0 Å². The molecule has 0 bridgehead atoms.